The summed E-state index contributed by atoms with van der Waals surface area (Å²) in [6.45, 7) is 8.95. The van der Waals surface area contributed by atoms with Crippen LogP contribution < -0.4 is 10.7 Å². The second-order valence-electron chi connectivity index (χ2n) is 9.08. The van der Waals surface area contributed by atoms with E-state index in [4.69, 9.17) is 11.6 Å². The zero-order valence-corrected chi connectivity index (χ0v) is 20.0. The molecule has 0 aliphatic heterocycles. The van der Waals surface area contributed by atoms with Gasteiger partial charge in [-0.2, -0.15) is 0 Å². The third-order valence-electron chi connectivity index (χ3n) is 5.88. The molecule has 4 aromatic rings. The van der Waals surface area contributed by atoms with Crippen LogP contribution in [0, 0.1) is 0 Å². The number of pyridine rings is 1. The number of para-hydroxylation sites is 1. The molecule has 33 heavy (non-hydrogen) atoms. The molecule has 0 bridgehead atoms. The zero-order valence-electron chi connectivity index (χ0n) is 19.3. The zero-order chi connectivity index (χ0) is 23.8. The minimum absolute atomic E-state index is 0.00668. The Kier molecular flexibility index (Phi) is 6.13. The van der Waals surface area contributed by atoms with Crippen molar-refractivity contribution in [3.8, 4) is 11.1 Å². The average molecular weight is 459 g/mol. The summed E-state index contributed by atoms with van der Waals surface area (Å²) in [6, 6.07) is 22.2. The predicted molar refractivity (Wildman–Crippen MR) is 137 cm³/mol. The Bertz CT molecular complexity index is 1400. The molecule has 3 aromatic carbocycles. The first kappa shape index (κ1) is 22.8. The highest BCUT2D eigenvalue weighted by molar-refractivity contribution is 6.33. The molecule has 0 radical (unpaired) electrons. The van der Waals surface area contributed by atoms with Crippen molar-refractivity contribution < 1.29 is 4.79 Å². The van der Waals surface area contributed by atoms with Crippen LogP contribution in [0.5, 0.6) is 0 Å². The second-order valence-corrected chi connectivity index (χ2v) is 9.48. The van der Waals surface area contributed by atoms with Crippen LogP contribution in [0.1, 0.15) is 43.6 Å². The molecule has 1 N–H and O–H groups in total. The molecule has 0 saturated carbocycles. The average Bonchev–Trinajstić information content (AvgIpc) is 2.80. The lowest BCUT2D eigenvalue weighted by Crippen LogP contribution is -2.22. The number of aryl methyl sites for hydroxylation is 1. The molecule has 4 nitrogen and oxygen atoms in total. The van der Waals surface area contributed by atoms with Crippen molar-refractivity contribution in [3.05, 3.63) is 99.2 Å². The van der Waals surface area contributed by atoms with Crippen molar-refractivity contribution >= 4 is 34.2 Å². The Hall–Kier alpha value is -3.37. The van der Waals surface area contributed by atoms with E-state index in [9.17, 15) is 9.59 Å². The third kappa shape index (κ3) is 4.31. The SMILES string of the molecule is CCn1c(NC(=O)c2ccc(C(C)(C)C)cc2)c(-c2ccccc2Cl)c(=O)c2ccccc21. The monoisotopic (exact) mass is 458 g/mol. The number of halogens is 1. The Balaban J connectivity index is 1.91. The molecule has 1 heterocycles. The number of nitrogens with zero attached hydrogens (tertiary/aromatic N) is 1. The number of hydrogen-bond acceptors (Lipinski definition) is 2. The van der Waals surface area contributed by atoms with E-state index in [-0.39, 0.29) is 16.8 Å². The van der Waals surface area contributed by atoms with E-state index >= 15 is 0 Å². The summed E-state index contributed by atoms with van der Waals surface area (Å²) in [5.41, 5.74) is 3.24. The summed E-state index contributed by atoms with van der Waals surface area (Å²) >= 11 is 6.50. The first-order chi connectivity index (χ1) is 15.7. The summed E-state index contributed by atoms with van der Waals surface area (Å²) in [6.07, 6.45) is 0. The summed E-state index contributed by atoms with van der Waals surface area (Å²) in [5.74, 6) is 0.167. The van der Waals surface area contributed by atoms with Crippen LogP contribution in [0.2, 0.25) is 5.02 Å². The van der Waals surface area contributed by atoms with Gasteiger partial charge in [-0.3, -0.25) is 9.59 Å². The number of benzene rings is 3. The summed E-state index contributed by atoms with van der Waals surface area (Å²) in [7, 11) is 0. The van der Waals surface area contributed by atoms with Gasteiger partial charge < -0.3 is 9.88 Å². The van der Waals surface area contributed by atoms with Gasteiger partial charge in [-0.1, -0.05) is 74.8 Å². The predicted octanol–water partition coefficient (Wildman–Crippen LogP) is 6.89. The van der Waals surface area contributed by atoms with Crippen LogP contribution in [-0.4, -0.2) is 10.5 Å². The highest BCUT2D eigenvalue weighted by atomic mass is 35.5. The third-order valence-corrected chi connectivity index (χ3v) is 6.21. The molecule has 0 aliphatic carbocycles. The maximum atomic E-state index is 13.6. The fourth-order valence-electron chi connectivity index (χ4n) is 4.07. The van der Waals surface area contributed by atoms with E-state index in [1.807, 2.05) is 72.2 Å². The van der Waals surface area contributed by atoms with Crippen LogP contribution in [0.4, 0.5) is 5.82 Å². The van der Waals surface area contributed by atoms with Gasteiger partial charge >= 0.3 is 0 Å². The molecule has 168 valence electrons. The Morgan fingerprint density at radius 1 is 0.939 bits per heavy atom. The molecular weight excluding hydrogens is 432 g/mol. The molecule has 0 fully saturated rings. The van der Waals surface area contributed by atoms with Gasteiger partial charge in [0.1, 0.15) is 5.82 Å². The van der Waals surface area contributed by atoms with E-state index in [0.717, 1.165) is 11.1 Å². The molecule has 0 saturated heterocycles. The maximum absolute atomic E-state index is 13.6. The second kappa shape index (κ2) is 8.87. The smallest absolute Gasteiger partial charge is 0.256 e. The standard InChI is InChI=1S/C28H27ClN2O2/c1-5-31-23-13-9-7-11-21(23)25(32)24(20-10-6-8-12-22(20)29)26(31)30-27(33)18-14-16-19(17-15-18)28(2,3)4/h6-17H,5H2,1-4H3,(H,30,33). The van der Waals surface area contributed by atoms with E-state index < -0.39 is 0 Å². The Morgan fingerprint density at radius 3 is 2.21 bits per heavy atom. The number of amides is 1. The first-order valence-electron chi connectivity index (χ1n) is 11.0. The Labute approximate surface area is 198 Å². The maximum Gasteiger partial charge on any atom is 0.256 e. The van der Waals surface area contributed by atoms with Crippen LogP contribution >= 0.6 is 11.6 Å². The van der Waals surface area contributed by atoms with E-state index in [0.29, 0.717) is 39.5 Å². The first-order valence-corrected chi connectivity index (χ1v) is 11.4. The Morgan fingerprint density at radius 2 is 1.58 bits per heavy atom. The highest BCUT2D eigenvalue weighted by Crippen LogP contribution is 2.34. The van der Waals surface area contributed by atoms with Gasteiger partial charge in [-0.25, -0.2) is 0 Å². The van der Waals surface area contributed by atoms with Gasteiger partial charge in [-0.05, 0) is 48.2 Å². The summed E-state index contributed by atoms with van der Waals surface area (Å²) < 4.78 is 1.96. The molecule has 0 aliphatic rings. The largest absolute Gasteiger partial charge is 0.327 e. The van der Waals surface area contributed by atoms with Gasteiger partial charge in [0.05, 0.1) is 11.1 Å². The van der Waals surface area contributed by atoms with Crippen molar-refractivity contribution in [1.29, 1.82) is 0 Å². The van der Waals surface area contributed by atoms with Gasteiger partial charge in [0, 0.05) is 28.1 Å². The van der Waals surface area contributed by atoms with Gasteiger partial charge in [0.25, 0.3) is 5.91 Å². The number of fused-ring (bicyclic) bond motifs is 1. The van der Waals surface area contributed by atoms with Crippen molar-refractivity contribution in [3.63, 3.8) is 0 Å². The number of hydrogen-bond donors (Lipinski definition) is 1. The van der Waals surface area contributed by atoms with Crippen molar-refractivity contribution in [2.24, 2.45) is 0 Å². The molecule has 0 unspecified atom stereocenters. The molecule has 4 rings (SSSR count). The molecule has 0 spiro atoms. The molecule has 0 atom stereocenters. The minimum Gasteiger partial charge on any atom is -0.327 e. The number of carbonyl (C=O) groups is 1. The fourth-order valence-corrected chi connectivity index (χ4v) is 4.30. The lowest BCUT2D eigenvalue weighted by Gasteiger charge is -2.21. The summed E-state index contributed by atoms with van der Waals surface area (Å²) in [5, 5.41) is 4.07. The lowest BCUT2D eigenvalue weighted by molar-refractivity contribution is 0.102. The molecule has 1 aromatic heterocycles. The number of nitrogens with one attached hydrogen (secondary N) is 1. The van der Waals surface area contributed by atoms with Crippen LogP contribution in [0.25, 0.3) is 22.0 Å². The topological polar surface area (TPSA) is 51.1 Å². The molecule has 5 heteroatoms. The van der Waals surface area contributed by atoms with Crippen LogP contribution in [0.3, 0.4) is 0 Å². The van der Waals surface area contributed by atoms with Crippen LogP contribution in [0.15, 0.2) is 77.6 Å². The molecular formula is C28H27ClN2O2. The van der Waals surface area contributed by atoms with Gasteiger partial charge in [-0.15, -0.1) is 0 Å². The molecule has 1 amide bonds. The van der Waals surface area contributed by atoms with E-state index in [2.05, 4.69) is 26.1 Å². The van der Waals surface area contributed by atoms with Gasteiger partial charge in [0.2, 0.25) is 0 Å². The van der Waals surface area contributed by atoms with E-state index in [1.165, 1.54) is 0 Å². The van der Waals surface area contributed by atoms with E-state index in [1.54, 1.807) is 12.1 Å². The quantitative estimate of drug-likeness (QED) is 0.362. The number of carbonyl (C=O) groups excluding carboxylic acids is 1. The number of rotatable bonds is 4. The van der Waals surface area contributed by atoms with Gasteiger partial charge in [0.15, 0.2) is 5.43 Å². The minimum atomic E-state index is -0.277. The number of anilines is 1. The van der Waals surface area contributed by atoms with Crippen molar-refractivity contribution in [1.82, 2.24) is 4.57 Å². The van der Waals surface area contributed by atoms with Crippen molar-refractivity contribution in [2.45, 2.75) is 39.7 Å². The fraction of sp³-hybridized carbons (Fsp3) is 0.214. The normalized spacial score (nSPS) is 11.5. The number of aromatic nitrogens is 1. The van der Waals surface area contributed by atoms with Crippen molar-refractivity contribution in [2.75, 3.05) is 5.32 Å². The summed E-state index contributed by atoms with van der Waals surface area (Å²) in [4.78, 5) is 26.9. The highest BCUT2D eigenvalue weighted by Gasteiger charge is 2.22. The lowest BCUT2D eigenvalue weighted by atomic mass is 9.87. The van der Waals surface area contributed by atoms with Crippen LogP contribution in [-0.2, 0) is 12.0 Å².